The van der Waals surface area contributed by atoms with Crippen LogP contribution in [0.15, 0.2) is 30.5 Å². The Hall–Kier alpha value is -2.88. The molecule has 0 saturated carbocycles. The van der Waals surface area contributed by atoms with Crippen LogP contribution in [0.25, 0.3) is 5.69 Å². The fourth-order valence-corrected chi connectivity index (χ4v) is 4.23. The summed E-state index contributed by atoms with van der Waals surface area (Å²) < 4.78 is 55.7. The summed E-state index contributed by atoms with van der Waals surface area (Å²) in [6.45, 7) is 5.57. The van der Waals surface area contributed by atoms with Crippen molar-refractivity contribution in [2.75, 3.05) is 11.4 Å². The van der Waals surface area contributed by atoms with Crippen molar-refractivity contribution in [2.24, 2.45) is 0 Å². The summed E-state index contributed by atoms with van der Waals surface area (Å²) in [5.74, 6) is -0.806. The third-order valence-electron chi connectivity index (χ3n) is 5.51. The lowest BCUT2D eigenvalue weighted by Crippen LogP contribution is -2.30. The highest BCUT2D eigenvalue weighted by atomic mass is 35.5. The SMILES string of the molecule is Cc1c(Cl)c(C(F)(F)F)nn1C1CCN(c2cnn(-c3ccc(F)cc3)c2C(C)C)C1=O. The van der Waals surface area contributed by atoms with Crippen molar-refractivity contribution < 1.29 is 22.4 Å². The van der Waals surface area contributed by atoms with Gasteiger partial charge in [-0.15, -0.1) is 0 Å². The van der Waals surface area contributed by atoms with Gasteiger partial charge in [0.15, 0.2) is 5.69 Å². The summed E-state index contributed by atoms with van der Waals surface area (Å²) >= 11 is 5.86. The quantitative estimate of drug-likeness (QED) is 0.488. The second-order valence-corrected chi connectivity index (χ2v) is 8.32. The van der Waals surface area contributed by atoms with Gasteiger partial charge < -0.3 is 4.90 Å². The molecule has 3 heterocycles. The molecule has 1 fully saturated rings. The zero-order valence-electron chi connectivity index (χ0n) is 17.5. The lowest BCUT2D eigenvalue weighted by Gasteiger charge is -2.20. The van der Waals surface area contributed by atoms with Gasteiger partial charge in [0, 0.05) is 6.54 Å². The molecule has 3 aromatic rings. The minimum atomic E-state index is -4.71. The molecule has 0 N–H and O–H groups in total. The predicted octanol–water partition coefficient (Wildman–Crippen LogP) is 5.29. The summed E-state index contributed by atoms with van der Waals surface area (Å²) in [6.07, 6.45) is -2.90. The highest BCUT2D eigenvalue weighted by molar-refractivity contribution is 6.32. The van der Waals surface area contributed by atoms with Gasteiger partial charge in [-0.3, -0.25) is 9.48 Å². The molecule has 1 aromatic carbocycles. The molecule has 11 heteroatoms. The first-order chi connectivity index (χ1) is 15.0. The fraction of sp³-hybridized carbons (Fsp3) is 0.381. The topological polar surface area (TPSA) is 56.0 Å². The van der Waals surface area contributed by atoms with Crippen LogP contribution in [0.4, 0.5) is 23.2 Å². The lowest BCUT2D eigenvalue weighted by atomic mass is 10.1. The molecule has 4 rings (SSSR count). The maximum absolute atomic E-state index is 13.3. The average Bonchev–Trinajstić information content (AvgIpc) is 3.38. The predicted molar refractivity (Wildman–Crippen MR) is 111 cm³/mol. The number of alkyl halides is 3. The molecule has 1 atom stereocenters. The van der Waals surface area contributed by atoms with E-state index in [1.54, 1.807) is 23.0 Å². The van der Waals surface area contributed by atoms with E-state index in [9.17, 15) is 22.4 Å². The monoisotopic (exact) mass is 469 g/mol. The highest BCUT2D eigenvalue weighted by Crippen LogP contribution is 2.39. The first-order valence-electron chi connectivity index (χ1n) is 9.97. The van der Waals surface area contributed by atoms with E-state index in [0.717, 1.165) is 10.4 Å². The molecule has 0 spiro atoms. The first-order valence-corrected chi connectivity index (χ1v) is 10.4. The molecule has 32 heavy (non-hydrogen) atoms. The molecule has 0 radical (unpaired) electrons. The number of carbonyl (C=O) groups excluding carboxylic acids is 1. The van der Waals surface area contributed by atoms with Crippen LogP contribution in [0.3, 0.4) is 0 Å². The maximum Gasteiger partial charge on any atom is 0.436 e. The molecule has 1 unspecified atom stereocenters. The van der Waals surface area contributed by atoms with Crippen molar-refractivity contribution in [1.29, 1.82) is 0 Å². The van der Waals surface area contributed by atoms with Gasteiger partial charge in [-0.05, 0) is 43.5 Å². The van der Waals surface area contributed by atoms with Crippen LogP contribution in [0, 0.1) is 12.7 Å². The van der Waals surface area contributed by atoms with Crippen LogP contribution in [0.2, 0.25) is 5.02 Å². The zero-order valence-corrected chi connectivity index (χ0v) is 18.2. The molecule has 1 aliphatic heterocycles. The van der Waals surface area contributed by atoms with Crippen molar-refractivity contribution >= 4 is 23.2 Å². The number of amides is 1. The average molecular weight is 470 g/mol. The third kappa shape index (κ3) is 3.66. The number of anilines is 1. The molecule has 0 bridgehead atoms. The number of benzene rings is 1. The molecule has 2 aromatic heterocycles. The summed E-state index contributed by atoms with van der Waals surface area (Å²) in [5.41, 5.74) is 0.815. The van der Waals surface area contributed by atoms with Crippen LogP contribution in [0.5, 0.6) is 0 Å². The Labute approximate surface area is 186 Å². The van der Waals surface area contributed by atoms with Crippen LogP contribution in [0.1, 0.15) is 49.3 Å². The molecule has 6 nitrogen and oxygen atoms in total. The summed E-state index contributed by atoms with van der Waals surface area (Å²) in [4.78, 5) is 14.8. The van der Waals surface area contributed by atoms with E-state index < -0.39 is 22.9 Å². The fourth-order valence-electron chi connectivity index (χ4n) is 4.00. The van der Waals surface area contributed by atoms with Gasteiger partial charge in [0.25, 0.3) is 5.91 Å². The molecular formula is C21H20ClF4N5O. The number of aromatic nitrogens is 4. The zero-order chi connectivity index (χ0) is 23.4. The molecule has 0 aliphatic carbocycles. The van der Waals surface area contributed by atoms with E-state index in [1.165, 1.54) is 24.0 Å². The van der Waals surface area contributed by atoms with Crippen molar-refractivity contribution in [3.05, 3.63) is 58.4 Å². The number of hydrogen-bond donors (Lipinski definition) is 0. The Morgan fingerprint density at radius 2 is 1.84 bits per heavy atom. The number of halogens is 5. The number of carbonyl (C=O) groups is 1. The van der Waals surface area contributed by atoms with Gasteiger partial charge in [-0.25, -0.2) is 9.07 Å². The van der Waals surface area contributed by atoms with Crippen molar-refractivity contribution in [3.8, 4) is 5.69 Å². The number of rotatable bonds is 4. The summed E-state index contributed by atoms with van der Waals surface area (Å²) in [7, 11) is 0. The van der Waals surface area contributed by atoms with Gasteiger partial charge in [-0.1, -0.05) is 25.4 Å². The second-order valence-electron chi connectivity index (χ2n) is 7.94. The second kappa shape index (κ2) is 7.91. The Morgan fingerprint density at radius 3 is 2.41 bits per heavy atom. The maximum atomic E-state index is 13.3. The molecule has 1 aliphatic rings. The van der Waals surface area contributed by atoms with E-state index in [0.29, 0.717) is 11.4 Å². The molecule has 1 amide bonds. The van der Waals surface area contributed by atoms with Gasteiger partial charge in [0.1, 0.15) is 11.9 Å². The van der Waals surface area contributed by atoms with Crippen molar-refractivity contribution in [1.82, 2.24) is 19.6 Å². The van der Waals surface area contributed by atoms with Crippen LogP contribution in [-0.2, 0) is 11.0 Å². The van der Waals surface area contributed by atoms with E-state index >= 15 is 0 Å². The highest BCUT2D eigenvalue weighted by Gasteiger charge is 2.42. The Morgan fingerprint density at radius 1 is 1.19 bits per heavy atom. The van der Waals surface area contributed by atoms with E-state index in [1.807, 2.05) is 13.8 Å². The van der Waals surface area contributed by atoms with Crippen LogP contribution < -0.4 is 4.90 Å². The minimum Gasteiger partial charge on any atom is -0.307 e. The smallest absolute Gasteiger partial charge is 0.307 e. The van der Waals surface area contributed by atoms with Crippen LogP contribution >= 0.6 is 11.6 Å². The summed E-state index contributed by atoms with van der Waals surface area (Å²) in [6, 6.07) is 4.90. The standard InChI is InChI=1S/C21H20ClF4N5O/c1-11(2)18-16(10-27-31(18)14-6-4-13(23)5-7-14)29-9-8-15(20(29)32)30-12(3)17(22)19(28-30)21(24,25)26/h4-7,10-11,15H,8-9H2,1-3H3. The lowest BCUT2D eigenvalue weighted by molar-refractivity contribution is -0.141. The van der Waals surface area contributed by atoms with E-state index in [2.05, 4.69) is 10.2 Å². The van der Waals surface area contributed by atoms with Gasteiger partial charge in [-0.2, -0.15) is 23.4 Å². The van der Waals surface area contributed by atoms with Crippen LogP contribution in [-0.4, -0.2) is 32.0 Å². The Bertz CT molecular complexity index is 1170. The molecule has 170 valence electrons. The number of nitrogens with zero attached hydrogens (tertiary/aromatic N) is 5. The van der Waals surface area contributed by atoms with Crippen molar-refractivity contribution in [3.63, 3.8) is 0 Å². The summed E-state index contributed by atoms with van der Waals surface area (Å²) in [5, 5.41) is 7.50. The minimum absolute atomic E-state index is 0.0397. The van der Waals surface area contributed by atoms with E-state index in [-0.39, 0.29) is 36.3 Å². The van der Waals surface area contributed by atoms with Crippen molar-refractivity contribution in [2.45, 2.75) is 45.3 Å². The van der Waals surface area contributed by atoms with Gasteiger partial charge in [0.05, 0.1) is 34.0 Å². The Kier molecular flexibility index (Phi) is 5.52. The molecular weight excluding hydrogens is 450 g/mol. The normalized spacial score (nSPS) is 17.1. The molecule has 1 saturated heterocycles. The first kappa shape index (κ1) is 22.3. The Balaban J connectivity index is 1.70. The van der Waals surface area contributed by atoms with Gasteiger partial charge in [0.2, 0.25) is 0 Å². The van der Waals surface area contributed by atoms with Gasteiger partial charge >= 0.3 is 6.18 Å². The van der Waals surface area contributed by atoms with E-state index in [4.69, 9.17) is 11.6 Å². The number of hydrogen-bond acceptors (Lipinski definition) is 3. The largest absolute Gasteiger partial charge is 0.436 e. The third-order valence-corrected chi connectivity index (χ3v) is 5.97.